The summed E-state index contributed by atoms with van der Waals surface area (Å²) >= 11 is 0. The largest absolute Gasteiger partial charge is 0.397 e. The zero-order valence-electron chi connectivity index (χ0n) is 15.9. The second kappa shape index (κ2) is 8.32. The number of amides is 2. The third-order valence-corrected chi connectivity index (χ3v) is 4.52. The van der Waals surface area contributed by atoms with Gasteiger partial charge < -0.3 is 16.4 Å². The molecule has 0 atom stereocenters. The molecule has 5 N–H and O–H groups in total. The van der Waals surface area contributed by atoms with E-state index in [0.29, 0.717) is 28.3 Å². The van der Waals surface area contributed by atoms with Gasteiger partial charge in [0.1, 0.15) is 0 Å². The fraction of sp³-hybridized carbons (Fsp3) is 0. The minimum absolute atomic E-state index is 0.235. The number of H-pyrrole nitrogens is 1. The number of aromatic amines is 1. The van der Waals surface area contributed by atoms with Crippen molar-refractivity contribution < 1.29 is 9.59 Å². The highest BCUT2D eigenvalue weighted by Crippen LogP contribution is 2.22. The summed E-state index contributed by atoms with van der Waals surface area (Å²) < 4.78 is 0. The summed E-state index contributed by atoms with van der Waals surface area (Å²) in [5.41, 5.74) is 9.54. The number of hydrogen-bond acceptors (Lipinski definition) is 4. The van der Waals surface area contributed by atoms with Gasteiger partial charge >= 0.3 is 0 Å². The van der Waals surface area contributed by atoms with Crippen molar-refractivity contribution in [1.29, 1.82) is 0 Å². The number of para-hydroxylation sites is 2. The first kappa shape index (κ1) is 18.9. The smallest absolute Gasteiger partial charge is 0.256 e. The van der Waals surface area contributed by atoms with E-state index in [-0.39, 0.29) is 11.8 Å². The number of anilines is 3. The molecule has 0 saturated carbocycles. The van der Waals surface area contributed by atoms with E-state index in [2.05, 4.69) is 20.8 Å². The Morgan fingerprint density at radius 1 is 0.767 bits per heavy atom. The van der Waals surface area contributed by atoms with Crippen LogP contribution in [0.5, 0.6) is 0 Å². The van der Waals surface area contributed by atoms with Crippen molar-refractivity contribution in [3.05, 3.63) is 96.1 Å². The minimum atomic E-state index is -0.250. The number of rotatable bonds is 5. The van der Waals surface area contributed by atoms with Crippen LogP contribution in [0.4, 0.5) is 17.2 Å². The molecule has 3 aromatic carbocycles. The van der Waals surface area contributed by atoms with Crippen LogP contribution in [0.2, 0.25) is 0 Å². The molecule has 0 aliphatic rings. The van der Waals surface area contributed by atoms with Gasteiger partial charge in [0, 0.05) is 17.2 Å². The number of nitrogens with two attached hydrogens (primary N) is 1. The SMILES string of the molecule is Nc1ccccc1NC(=O)c1ccc(-c2cc(NC(=O)c3ccccc3)n[nH]2)cc1. The van der Waals surface area contributed by atoms with E-state index >= 15 is 0 Å². The Morgan fingerprint density at radius 2 is 1.40 bits per heavy atom. The second-order valence-electron chi connectivity index (χ2n) is 6.61. The fourth-order valence-corrected chi connectivity index (χ4v) is 2.92. The molecule has 4 aromatic rings. The Kier molecular flexibility index (Phi) is 5.25. The molecule has 0 unspecified atom stereocenters. The van der Waals surface area contributed by atoms with Gasteiger partial charge in [0.05, 0.1) is 17.1 Å². The van der Waals surface area contributed by atoms with Gasteiger partial charge in [-0.2, -0.15) is 5.10 Å². The van der Waals surface area contributed by atoms with Gasteiger partial charge in [-0.1, -0.05) is 42.5 Å². The Labute approximate surface area is 172 Å². The molecule has 7 heteroatoms. The molecule has 4 rings (SSSR count). The summed E-state index contributed by atoms with van der Waals surface area (Å²) in [4.78, 5) is 24.7. The van der Waals surface area contributed by atoms with Crippen molar-refractivity contribution in [3.63, 3.8) is 0 Å². The summed E-state index contributed by atoms with van der Waals surface area (Å²) in [5, 5.41) is 12.6. The third kappa shape index (κ3) is 4.20. The van der Waals surface area contributed by atoms with Crippen LogP contribution in [0.25, 0.3) is 11.3 Å². The topological polar surface area (TPSA) is 113 Å². The van der Waals surface area contributed by atoms with Crippen LogP contribution >= 0.6 is 0 Å². The Balaban J connectivity index is 1.44. The summed E-state index contributed by atoms with van der Waals surface area (Å²) in [6.45, 7) is 0. The highest BCUT2D eigenvalue weighted by atomic mass is 16.2. The summed E-state index contributed by atoms with van der Waals surface area (Å²) in [5.74, 6) is -0.0686. The standard InChI is InChI=1S/C23H19N5O2/c24-18-8-4-5-9-19(18)25-22(29)17-12-10-15(11-13-17)20-14-21(28-27-20)26-23(30)16-6-2-1-3-7-16/h1-14H,24H2,(H,25,29)(H2,26,27,28,30). The summed E-state index contributed by atoms with van der Waals surface area (Å²) in [7, 11) is 0. The molecule has 0 spiro atoms. The van der Waals surface area contributed by atoms with E-state index in [1.807, 2.05) is 12.1 Å². The molecule has 0 aliphatic carbocycles. The van der Waals surface area contributed by atoms with Crippen molar-refractivity contribution in [2.75, 3.05) is 16.4 Å². The van der Waals surface area contributed by atoms with Crippen molar-refractivity contribution >= 4 is 29.0 Å². The average molecular weight is 397 g/mol. The van der Waals surface area contributed by atoms with Crippen molar-refractivity contribution in [2.45, 2.75) is 0 Å². The van der Waals surface area contributed by atoms with Crippen LogP contribution in [0.15, 0.2) is 84.9 Å². The predicted octanol–water partition coefficient (Wildman–Crippen LogP) is 4.16. The van der Waals surface area contributed by atoms with E-state index in [1.165, 1.54) is 0 Å². The van der Waals surface area contributed by atoms with Gasteiger partial charge in [-0.3, -0.25) is 14.7 Å². The fourth-order valence-electron chi connectivity index (χ4n) is 2.92. The number of nitrogens with zero attached hydrogens (tertiary/aromatic N) is 1. The first-order valence-corrected chi connectivity index (χ1v) is 9.28. The monoisotopic (exact) mass is 397 g/mol. The van der Waals surface area contributed by atoms with Gasteiger partial charge in [0.25, 0.3) is 11.8 Å². The molecule has 30 heavy (non-hydrogen) atoms. The van der Waals surface area contributed by atoms with Crippen molar-refractivity contribution in [2.24, 2.45) is 0 Å². The van der Waals surface area contributed by atoms with E-state index in [1.54, 1.807) is 72.8 Å². The maximum absolute atomic E-state index is 12.4. The van der Waals surface area contributed by atoms with Crippen LogP contribution in [0, 0.1) is 0 Å². The summed E-state index contributed by atoms with van der Waals surface area (Å²) in [6, 6.07) is 24.8. The average Bonchev–Trinajstić information content (AvgIpc) is 3.24. The molecule has 1 aromatic heterocycles. The van der Waals surface area contributed by atoms with Crippen LogP contribution in [-0.2, 0) is 0 Å². The van der Waals surface area contributed by atoms with Crippen LogP contribution in [0.1, 0.15) is 20.7 Å². The second-order valence-corrected chi connectivity index (χ2v) is 6.61. The highest BCUT2D eigenvalue weighted by molar-refractivity contribution is 6.06. The molecule has 7 nitrogen and oxygen atoms in total. The lowest BCUT2D eigenvalue weighted by atomic mass is 10.1. The maximum Gasteiger partial charge on any atom is 0.256 e. The number of aromatic nitrogens is 2. The van der Waals surface area contributed by atoms with Crippen LogP contribution < -0.4 is 16.4 Å². The Hall–Kier alpha value is -4.39. The first-order valence-electron chi connectivity index (χ1n) is 9.28. The zero-order chi connectivity index (χ0) is 20.9. The van der Waals surface area contributed by atoms with Crippen LogP contribution in [0.3, 0.4) is 0 Å². The first-order chi connectivity index (χ1) is 14.6. The molecule has 0 saturated heterocycles. The van der Waals surface area contributed by atoms with Gasteiger partial charge in [-0.15, -0.1) is 0 Å². The molecular formula is C23H19N5O2. The van der Waals surface area contributed by atoms with E-state index in [4.69, 9.17) is 5.73 Å². The number of nitrogen functional groups attached to an aromatic ring is 1. The van der Waals surface area contributed by atoms with Gasteiger partial charge in [0.2, 0.25) is 0 Å². The van der Waals surface area contributed by atoms with Crippen molar-refractivity contribution in [3.8, 4) is 11.3 Å². The molecule has 148 valence electrons. The van der Waals surface area contributed by atoms with Gasteiger partial charge in [0.15, 0.2) is 5.82 Å². The highest BCUT2D eigenvalue weighted by Gasteiger charge is 2.11. The number of hydrogen-bond donors (Lipinski definition) is 4. The maximum atomic E-state index is 12.4. The lowest BCUT2D eigenvalue weighted by molar-refractivity contribution is 0.101. The van der Waals surface area contributed by atoms with Gasteiger partial charge in [-0.05, 0) is 42.0 Å². The molecule has 0 fully saturated rings. The molecular weight excluding hydrogens is 378 g/mol. The number of benzene rings is 3. The predicted molar refractivity (Wildman–Crippen MR) is 117 cm³/mol. The Bertz CT molecular complexity index is 1180. The summed E-state index contributed by atoms with van der Waals surface area (Å²) in [6.07, 6.45) is 0. The number of nitrogens with one attached hydrogen (secondary N) is 3. The number of carbonyl (C=O) groups excluding carboxylic acids is 2. The van der Waals surface area contributed by atoms with Gasteiger partial charge in [-0.25, -0.2) is 0 Å². The quantitative estimate of drug-likeness (QED) is 0.379. The lowest BCUT2D eigenvalue weighted by Gasteiger charge is -2.08. The molecule has 2 amide bonds. The molecule has 0 radical (unpaired) electrons. The van der Waals surface area contributed by atoms with Crippen molar-refractivity contribution in [1.82, 2.24) is 10.2 Å². The zero-order valence-corrected chi connectivity index (χ0v) is 15.9. The van der Waals surface area contributed by atoms with Crippen LogP contribution in [-0.4, -0.2) is 22.0 Å². The molecule has 1 heterocycles. The molecule has 0 aliphatic heterocycles. The lowest BCUT2D eigenvalue weighted by Crippen LogP contribution is -2.12. The number of carbonyl (C=O) groups is 2. The van der Waals surface area contributed by atoms with E-state index < -0.39 is 0 Å². The normalized spacial score (nSPS) is 10.4. The minimum Gasteiger partial charge on any atom is -0.397 e. The molecule has 0 bridgehead atoms. The van der Waals surface area contributed by atoms with E-state index in [9.17, 15) is 9.59 Å². The van der Waals surface area contributed by atoms with E-state index in [0.717, 1.165) is 11.3 Å². The third-order valence-electron chi connectivity index (χ3n) is 4.52. The Morgan fingerprint density at radius 3 is 2.13 bits per heavy atom.